The van der Waals surface area contributed by atoms with Crippen molar-refractivity contribution in [2.24, 2.45) is 0 Å². The monoisotopic (exact) mass is 216 g/mol. The van der Waals surface area contributed by atoms with Gasteiger partial charge in [-0.2, -0.15) is 0 Å². The lowest BCUT2D eigenvalue weighted by atomic mass is 10.0. The Bertz CT molecular complexity index is 325. The molecule has 86 valence electrons. The Hall–Kier alpha value is -1.37. The fourth-order valence-electron chi connectivity index (χ4n) is 1.69. The molecule has 0 heterocycles. The van der Waals surface area contributed by atoms with Gasteiger partial charge in [0.05, 0.1) is 0 Å². The summed E-state index contributed by atoms with van der Waals surface area (Å²) in [6, 6.07) is 9.85. The topological polar surface area (TPSA) is 17.1 Å². The Kier molecular flexibility index (Phi) is 6.24. The molecule has 0 N–H and O–H groups in total. The lowest BCUT2D eigenvalue weighted by molar-refractivity contribution is -0.103. The van der Waals surface area contributed by atoms with Crippen LogP contribution in [0.3, 0.4) is 0 Å². The second-order valence-electron chi connectivity index (χ2n) is 3.99. The molecule has 0 bridgehead atoms. The Morgan fingerprint density at radius 3 is 2.50 bits per heavy atom. The molecule has 0 radical (unpaired) electrons. The van der Waals surface area contributed by atoms with Crippen molar-refractivity contribution in [3.8, 4) is 0 Å². The molecule has 0 fully saturated rings. The van der Waals surface area contributed by atoms with Crippen molar-refractivity contribution in [3.63, 3.8) is 0 Å². The molecule has 1 heteroatoms. The molecule has 0 saturated carbocycles. The predicted molar refractivity (Wildman–Crippen MR) is 69.2 cm³/mol. The van der Waals surface area contributed by atoms with E-state index in [4.69, 9.17) is 0 Å². The first kappa shape index (κ1) is 12.7. The summed E-state index contributed by atoms with van der Waals surface area (Å²) in [4.78, 5) is 11.0. The van der Waals surface area contributed by atoms with Crippen molar-refractivity contribution < 1.29 is 4.79 Å². The normalized spacial score (nSPS) is 11.4. The maximum Gasteiger partial charge on any atom is 0.150 e. The average Bonchev–Trinajstić information content (AvgIpc) is 2.35. The molecule has 1 nitrogen and oxygen atoms in total. The van der Waals surface area contributed by atoms with Gasteiger partial charge in [0.1, 0.15) is 6.29 Å². The number of rotatable bonds is 7. The van der Waals surface area contributed by atoms with Crippen LogP contribution in [0.1, 0.15) is 44.6 Å². The van der Waals surface area contributed by atoms with Crippen molar-refractivity contribution in [1.82, 2.24) is 0 Å². The van der Waals surface area contributed by atoms with Gasteiger partial charge in [0.15, 0.2) is 0 Å². The second kappa shape index (κ2) is 7.86. The number of aldehydes is 1. The van der Waals surface area contributed by atoms with Crippen LogP contribution in [0.15, 0.2) is 36.4 Å². The summed E-state index contributed by atoms with van der Waals surface area (Å²) in [5.41, 5.74) is 1.84. The van der Waals surface area contributed by atoms with Gasteiger partial charge in [-0.15, -0.1) is 0 Å². The summed E-state index contributed by atoms with van der Waals surface area (Å²) in [5, 5.41) is 0. The number of carbonyl (C=O) groups is 1. The minimum atomic E-state index is 0.817. The molecule has 1 rings (SSSR count). The van der Waals surface area contributed by atoms with E-state index in [1.54, 1.807) is 0 Å². The van der Waals surface area contributed by atoms with Crippen LogP contribution in [0.4, 0.5) is 0 Å². The van der Waals surface area contributed by atoms with Crippen LogP contribution in [0, 0.1) is 0 Å². The zero-order valence-electron chi connectivity index (χ0n) is 9.99. The summed E-state index contributed by atoms with van der Waals surface area (Å²) in [5.74, 6) is 0. The Labute approximate surface area is 98.2 Å². The van der Waals surface area contributed by atoms with Gasteiger partial charge in [-0.05, 0) is 18.4 Å². The van der Waals surface area contributed by atoms with E-state index in [9.17, 15) is 4.79 Å². The van der Waals surface area contributed by atoms with Gasteiger partial charge in [-0.1, -0.05) is 62.6 Å². The summed E-state index contributed by atoms with van der Waals surface area (Å²) in [6.07, 6.45) is 8.99. The van der Waals surface area contributed by atoms with Crippen molar-refractivity contribution in [2.45, 2.75) is 39.0 Å². The van der Waals surface area contributed by atoms with Gasteiger partial charge in [0, 0.05) is 5.57 Å². The highest BCUT2D eigenvalue weighted by Crippen LogP contribution is 2.13. The molecule has 1 aromatic carbocycles. The van der Waals surface area contributed by atoms with Crippen LogP contribution in [-0.2, 0) is 4.79 Å². The minimum Gasteiger partial charge on any atom is -0.298 e. The fourth-order valence-corrected chi connectivity index (χ4v) is 1.69. The third-order valence-corrected chi connectivity index (χ3v) is 2.66. The van der Waals surface area contributed by atoms with Crippen LogP contribution >= 0.6 is 0 Å². The molecule has 0 unspecified atom stereocenters. The van der Waals surface area contributed by atoms with Crippen molar-refractivity contribution in [2.75, 3.05) is 0 Å². The smallest absolute Gasteiger partial charge is 0.150 e. The van der Waals surface area contributed by atoms with Crippen LogP contribution in [0.5, 0.6) is 0 Å². The lowest BCUT2D eigenvalue weighted by Gasteiger charge is -2.00. The van der Waals surface area contributed by atoms with Crippen LogP contribution < -0.4 is 0 Å². The molecule has 0 aliphatic rings. The quantitative estimate of drug-likeness (QED) is 0.378. The number of hydrogen-bond donors (Lipinski definition) is 0. The molecule has 0 aliphatic heterocycles. The minimum absolute atomic E-state index is 0.817. The highest BCUT2D eigenvalue weighted by atomic mass is 16.1. The molecule has 0 saturated heterocycles. The van der Waals surface area contributed by atoms with Crippen LogP contribution in [-0.4, -0.2) is 6.29 Å². The van der Waals surface area contributed by atoms with Gasteiger partial charge < -0.3 is 0 Å². The van der Waals surface area contributed by atoms with Gasteiger partial charge >= 0.3 is 0 Å². The van der Waals surface area contributed by atoms with Crippen LogP contribution in [0.2, 0.25) is 0 Å². The van der Waals surface area contributed by atoms with E-state index in [0.717, 1.165) is 23.8 Å². The molecule has 16 heavy (non-hydrogen) atoms. The maximum atomic E-state index is 11.0. The maximum absolute atomic E-state index is 11.0. The van der Waals surface area contributed by atoms with E-state index < -0.39 is 0 Å². The molecule has 0 amide bonds. The average molecular weight is 216 g/mol. The molecule has 1 aromatic rings. The van der Waals surface area contributed by atoms with E-state index in [0.29, 0.717) is 0 Å². The van der Waals surface area contributed by atoms with E-state index >= 15 is 0 Å². The number of hydrogen-bond acceptors (Lipinski definition) is 1. The van der Waals surface area contributed by atoms with Crippen LogP contribution in [0.25, 0.3) is 5.57 Å². The molecule has 0 atom stereocenters. The first-order valence-electron chi connectivity index (χ1n) is 6.09. The Morgan fingerprint density at radius 2 is 1.88 bits per heavy atom. The van der Waals surface area contributed by atoms with E-state index in [-0.39, 0.29) is 0 Å². The first-order chi connectivity index (χ1) is 7.88. The summed E-state index contributed by atoms with van der Waals surface area (Å²) in [6.45, 7) is 2.21. The molecular formula is C15H20O. The predicted octanol–water partition coefficient (Wildman–Crippen LogP) is 4.24. The molecule has 0 aromatic heterocycles. The fraction of sp³-hybridized carbons (Fsp3) is 0.400. The Balaban J connectivity index is 2.48. The van der Waals surface area contributed by atoms with E-state index in [1.165, 1.54) is 25.7 Å². The standard InChI is InChI=1S/C15H20O/c1-2-3-4-5-7-12-15(13-16)14-10-8-6-9-11-14/h6,8-13H,2-5,7H2,1H3/b15-12+. The number of unbranched alkanes of at least 4 members (excludes halogenated alkanes) is 4. The largest absolute Gasteiger partial charge is 0.298 e. The zero-order valence-corrected chi connectivity index (χ0v) is 9.99. The van der Waals surface area contributed by atoms with Gasteiger partial charge in [0.25, 0.3) is 0 Å². The van der Waals surface area contributed by atoms with Crippen molar-refractivity contribution >= 4 is 11.9 Å². The summed E-state index contributed by atoms with van der Waals surface area (Å²) < 4.78 is 0. The number of benzene rings is 1. The highest BCUT2D eigenvalue weighted by Gasteiger charge is 1.97. The second-order valence-corrected chi connectivity index (χ2v) is 3.99. The van der Waals surface area contributed by atoms with Crippen molar-refractivity contribution in [3.05, 3.63) is 42.0 Å². The first-order valence-corrected chi connectivity index (χ1v) is 6.09. The van der Waals surface area contributed by atoms with E-state index in [2.05, 4.69) is 13.0 Å². The van der Waals surface area contributed by atoms with Gasteiger partial charge in [0.2, 0.25) is 0 Å². The van der Waals surface area contributed by atoms with Gasteiger partial charge in [-0.25, -0.2) is 0 Å². The lowest BCUT2D eigenvalue weighted by Crippen LogP contribution is -1.85. The van der Waals surface area contributed by atoms with Gasteiger partial charge in [-0.3, -0.25) is 4.79 Å². The summed E-state index contributed by atoms with van der Waals surface area (Å²) >= 11 is 0. The van der Waals surface area contributed by atoms with E-state index in [1.807, 2.05) is 30.3 Å². The molecule has 0 aliphatic carbocycles. The van der Waals surface area contributed by atoms with Crippen molar-refractivity contribution in [1.29, 1.82) is 0 Å². The highest BCUT2D eigenvalue weighted by molar-refractivity contribution is 6.06. The number of allylic oxidation sites excluding steroid dienone is 2. The third-order valence-electron chi connectivity index (χ3n) is 2.66. The third kappa shape index (κ3) is 4.43. The summed E-state index contributed by atoms with van der Waals surface area (Å²) in [7, 11) is 0. The SMILES string of the molecule is CCCCCC/C=C(\C=O)c1ccccc1. The number of carbonyl (C=O) groups excluding carboxylic acids is 1. The molecular weight excluding hydrogens is 196 g/mol. The Morgan fingerprint density at radius 1 is 1.12 bits per heavy atom. The zero-order chi connectivity index (χ0) is 11.6. The molecule has 0 spiro atoms.